The van der Waals surface area contributed by atoms with E-state index in [1.165, 1.54) is 0 Å². The molecule has 84 valence electrons. The molecule has 0 N–H and O–H groups in total. The number of halogens is 1. The maximum Gasteiger partial charge on any atom is 0.132 e. The van der Waals surface area contributed by atoms with Crippen LogP contribution in [0.5, 0.6) is 0 Å². The number of rotatable bonds is 5. The molecule has 0 aromatic carbocycles. The van der Waals surface area contributed by atoms with E-state index in [4.69, 9.17) is 0 Å². The van der Waals surface area contributed by atoms with Crippen LogP contribution in [0.4, 0.5) is 5.82 Å². The van der Waals surface area contributed by atoms with E-state index in [0.717, 1.165) is 42.2 Å². The van der Waals surface area contributed by atoms with Crippen molar-refractivity contribution < 1.29 is 0 Å². The van der Waals surface area contributed by atoms with Crippen molar-refractivity contribution >= 4 is 21.7 Å². The first kappa shape index (κ1) is 12.4. The van der Waals surface area contributed by atoms with Crippen molar-refractivity contribution in [1.82, 2.24) is 9.97 Å². The molecule has 1 rings (SSSR count). The smallest absolute Gasteiger partial charge is 0.132 e. The van der Waals surface area contributed by atoms with Crippen molar-refractivity contribution in [2.24, 2.45) is 0 Å². The summed E-state index contributed by atoms with van der Waals surface area (Å²) in [4.78, 5) is 11.0. The van der Waals surface area contributed by atoms with Crippen LogP contribution in [0.3, 0.4) is 0 Å². The average molecular weight is 272 g/mol. The molecule has 0 amide bonds. The van der Waals surface area contributed by atoms with Gasteiger partial charge in [0.15, 0.2) is 0 Å². The van der Waals surface area contributed by atoms with E-state index in [1.54, 1.807) is 0 Å². The first-order valence-electron chi connectivity index (χ1n) is 5.30. The zero-order valence-electron chi connectivity index (χ0n) is 9.63. The standard InChI is InChI=1S/C11H18BrN3/c1-4-15(7-5-6-12)11-8-9(2)13-10(3)14-11/h8H,4-7H2,1-3H3. The van der Waals surface area contributed by atoms with Gasteiger partial charge < -0.3 is 4.90 Å². The Labute approximate surface area is 100 Å². The van der Waals surface area contributed by atoms with Crippen LogP contribution in [0, 0.1) is 13.8 Å². The van der Waals surface area contributed by atoms with Gasteiger partial charge in [-0.3, -0.25) is 0 Å². The van der Waals surface area contributed by atoms with E-state index in [0.29, 0.717) is 0 Å². The van der Waals surface area contributed by atoms with E-state index in [1.807, 2.05) is 19.9 Å². The largest absolute Gasteiger partial charge is 0.357 e. The normalized spacial score (nSPS) is 10.4. The monoisotopic (exact) mass is 271 g/mol. The van der Waals surface area contributed by atoms with Crippen LogP contribution >= 0.6 is 15.9 Å². The number of aryl methyl sites for hydroxylation is 2. The third-order valence-corrected chi connectivity index (χ3v) is 2.78. The van der Waals surface area contributed by atoms with Gasteiger partial charge in [-0.2, -0.15) is 0 Å². The zero-order valence-corrected chi connectivity index (χ0v) is 11.2. The lowest BCUT2D eigenvalue weighted by atomic mass is 10.3. The Kier molecular flexibility index (Phi) is 5.02. The van der Waals surface area contributed by atoms with E-state index in [9.17, 15) is 0 Å². The molecule has 4 heteroatoms. The molecule has 1 heterocycles. The molecule has 15 heavy (non-hydrogen) atoms. The molecule has 0 aliphatic heterocycles. The van der Waals surface area contributed by atoms with Crippen LogP contribution in [0.25, 0.3) is 0 Å². The van der Waals surface area contributed by atoms with E-state index in [2.05, 4.69) is 37.7 Å². The van der Waals surface area contributed by atoms with E-state index < -0.39 is 0 Å². The minimum absolute atomic E-state index is 0.849. The van der Waals surface area contributed by atoms with Gasteiger partial charge in [0.05, 0.1) is 0 Å². The summed E-state index contributed by atoms with van der Waals surface area (Å²) in [5.41, 5.74) is 1.04. The van der Waals surface area contributed by atoms with Crippen LogP contribution in [-0.4, -0.2) is 28.4 Å². The van der Waals surface area contributed by atoms with Crippen molar-refractivity contribution in [3.05, 3.63) is 17.6 Å². The quantitative estimate of drug-likeness (QED) is 0.772. The third-order valence-electron chi connectivity index (χ3n) is 2.22. The second-order valence-corrected chi connectivity index (χ2v) is 4.33. The highest BCUT2D eigenvalue weighted by molar-refractivity contribution is 9.09. The lowest BCUT2D eigenvalue weighted by Gasteiger charge is -2.21. The topological polar surface area (TPSA) is 29.0 Å². The Hall–Kier alpha value is -0.640. The number of nitrogens with zero attached hydrogens (tertiary/aromatic N) is 3. The van der Waals surface area contributed by atoms with E-state index in [-0.39, 0.29) is 0 Å². The van der Waals surface area contributed by atoms with Gasteiger partial charge in [0.25, 0.3) is 0 Å². The summed E-state index contributed by atoms with van der Waals surface area (Å²) >= 11 is 3.45. The maximum absolute atomic E-state index is 4.46. The number of alkyl halides is 1. The maximum atomic E-state index is 4.46. The summed E-state index contributed by atoms with van der Waals surface area (Å²) in [6.45, 7) is 8.13. The fourth-order valence-electron chi connectivity index (χ4n) is 1.54. The SMILES string of the molecule is CCN(CCCBr)c1cc(C)nc(C)n1. The highest BCUT2D eigenvalue weighted by Gasteiger charge is 2.06. The van der Waals surface area contributed by atoms with Gasteiger partial charge in [0.2, 0.25) is 0 Å². The molecule has 0 bridgehead atoms. The van der Waals surface area contributed by atoms with Crippen molar-refractivity contribution in [2.75, 3.05) is 23.3 Å². The Bertz CT molecular complexity index is 294. The predicted octanol–water partition coefficient (Wildman–Crippen LogP) is 2.70. The fraction of sp³-hybridized carbons (Fsp3) is 0.636. The third kappa shape index (κ3) is 3.78. The second-order valence-electron chi connectivity index (χ2n) is 3.54. The van der Waals surface area contributed by atoms with Gasteiger partial charge in [0.1, 0.15) is 11.6 Å². The molecule has 1 aromatic rings. The summed E-state index contributed by atoms with van der Waals surface area (Å²) in [6, 6.07) is 2.05. The zero-order chi connectivity index (χ0) is 11.3. The highest BCUT2D eigenvalue weighted by atomic mass is 79.9. The van der Waals surface area contributed by atoms with Crippen LogP contribution < -0.4 is 4.90 Å². The van der Waals surface area contributed by atoms with Crippen molar-refractivity contribution in [2.45, 2.75) is 27.2 Å². The number of anilines is 1. The highest BCUT2D eigenvalue weighted by Crippen LogP contribution is 2.12. The Morgan fingerprint density at radius 3 is 2.60 bits per heavy atom. The Balaban J connectivity index is 2.81. The minimum atomic E-state index is 0.849. The molecular weight excluding hydrogens is 254 g/mol. The summed E-state index contributed by atoms with van der Waals surface area (Å²) in [6.07, 6.45) is 1.13. The molecule has 0 atom stereocenters. The second kappa shape index (κ2) is 6.05. The number of hydrogen-bond donors (Lipinski definition) is 0. The van der Waals surface area contributed by atoms with Crippen molar-refractivity contribution in [3.8, 4) is 0 Å². The minimum Gasteiger partial charge on any atom is -0.357 e. The van der Waals surface area contributed by atoms with Gasteiger partial charge >= 0.3 is 0 Å². The fourth-order valence-corrected chi connectivity index (χ4v) is 1.80. The number of aromatic nitrogens is 2. The molecule has 0 spiro atoms. The molecule has 0 unspecified atom stereocenters. The molecule has 0 saturated heterocycles. The van der Waals surface area contributed by atoms with Gasteiger partial charge in [0, 0.05) is 30.2 Å². The van der Waals surface area contributed by atoms with Gasteiger partial charge in [-0.05, 0) is 27.2 Å². The first-order valence-corrected chi connectivity index (χ1v) is 6.42. The van der Waals surface area contributed by atoms with Gasteiger partial charge in [-0.25, -0.2) is 9.97 Å². The lowest BCUT2D eigenvalue weighted by Crippen LogP contribution is -2.25. The molecule has 0 radical (unpaired) electrons. The lowest BCUT2D eigenvalue weighted by molar-refractivity contribution is 0.776. The van der Waals surface area contributed by atoms with Crippen LogP contribution in [0.2, 0.25) is 0 Å². The first-order chi connectivity index (χ1) is 7.17. The van der Waals surface area contributed by atoms with Crippen LogP contribution in [0.15, 0.2) is 6.07 Å². The molecule has 0 aliphatic rings. The van der Waals surface area contributed by atoms with Crippen LogP contribution in [0.1, 0.15) is 24.9 Å². The molecular formula is C11H18BrN3. The molecule has 0 fully saturated rings. The summed E-state index contributed by atoms with van der Waals surface area (Å²) in [5.74, 6) is 1.89. The summed E-state index contributed by atoms with van der Waals surface area (Å²) in [7, 11) is 0. The Morgan fingerprint density at radius 2 is 2.07 bits per heavy atom. The van der Waals surface area contributed by atoms with Crippen molar-refractivity contribution in [1.29, 1.82) is 0 Å². The molecule has 1 aromatic heterocycles. The number of hydrogen-bond acceptors (Lipinski definition) is 3. The predicted molar refractivity (Wildman–Crippen MR) is 67.8 cm³/mol. The molecule has 0 saturated carbocycles. The van der Waals surface area contributed by atoms with E-state index >= 15 is 0 Å². The summed E-state index contributed by atoms with van der Waals surface area (Å²) in [5, 5.41) is 1.03. The van der Waals surface area contributed by atoms with Crippen molar-refractivity contribution in [3.63, 3.8) is 0 Å². The Morgan fingerprint density at radius 1 is 1.33 bits per heavy atom. The van der Waals surface area contributed by atoms with Gasteiger partial charge in [-0.15, -0.1) is 0 Å². The van der Waals surface area contributed by atoms with Crippen LogP contribution in [-0.2, 0) is 0 Å². The van der Waals surface area contributed by atoms with Gasteiger partial charge in [-0.1, -0.05) is 15.9 Å². The molecule has 3 nitrogen and oxygen atoms in total. The molecule has 0 aliphatic carbocycles. The summed E-state index contributed by atoms with van der Waals surface area (Å²) < 4.78 is 0. The average Bonchev–Trinajstić information content (AvgIpc) is 2.17.